The van der Waals surface area contributed by atoms with Gasteiger partial charge in [-0.1, -0.05) is 29.8 Å². The highest BCUT2D eigenvalue weighted by atomic mass is 35.5. The molecule has 0 saturated carbocycles. The van der Waals surface area contributed by atoms with E-state index in [4.69, 9.17) is 11.6 Å². The quantitative estimate of drug-likeness (QED) is 0.795. The fourth-order valence-electron chi connectivity index (χ4n) is 2.07. The molecule has 5 heteroatoms. The second kappa shape index (κ2) is 7.92. The number of hydrogen-bond acceptors (Lipinski definition) is 2. The van der Waals surface area contributed by atoms with Gasteiger partial charge in [-0.15, -0.1) is 0 Å². The zero-order valence-corrected chi connectivity index (χ0v) is 13.1. The van der Waals surface area contributed by atoms with E-state index in [1.165, 1.54) is 13.0 Å². The van der Waals surface area contributed by atoms with Crippen LogP contribution in [-0.2, 0) is 17.8 Å². The summed E-state index contributed by atoms with van der Waals surface area (Å²) in [6.07, 6.45) is 0.782. The summed E-state index contributed by atoms with van der Waals surface area (Å²) in [6.45, 7) is 2.99. The van der Waals surface area contributed by atoms with Gasteiger partial charge in [0.15, 0.2) is 0 Å². The molecule has 0 aliphatic heterocycles. The molecule has 0 spiro atoms. The first kappa shape index (κ1) is 16.5. The third-order valence-electron chi connectivity index (χ3n) is 3.18. The van der Waals surface area contributed by atoms with E-state index in [1.54, 1.807) is 12.1 Å². The van der Waals surface area contributed by atoms with E-state index in [0.717, 1.165) is 36.3 Å². The Labute approximate surface area is 134 Å². The van der Waals surface area contributed by atoms with Crippen LogP contribution in [0.5, 0.6) is 0 Å². The first-order valence-electron chi connectivity index (χ1n) is 7.06. The lowest BCUT2D eigenvalue weighted by atomic mass is 10.1. The van der Waals surface area contributed by atoms with E-state index in [9.17, 15) is 9.18 Å². The number of anilines is 1. The topological polar surface area (TPSA) is 41.1 Å². The second-order valence-corrected chi connectivity index (χ2v) is 5.46. The van der Waals surface area contributed by atoms with Crippen LogP contribution in [0.2, 0.25) is 5.02 Å². The molecule has 116 valence electrons. The van der Waals surface area contributed by atoms with E-state index in [1.807, 2.05) is 24.3 Å². The van der Waals surface area contributed by atoms with E-state index in [0.29, 0.717) is 0 Å². The molecule has 0 fully saturated rings. The van der Waals surface area contributed by atoms with Gasteiger partial charge in [-0.05, 0) is 48.4 Å². The molecule has 22 heavy (non-hydrogen) atoms. The minimum absolute atomic E-state index is 0.0798. The Hall–Kier alpha value is -1.91. The number of carbonyl (C=O) groups is 1. The molecular formula is C17H18ClFN2O. The third-order valence-corrected chi connectivity index (χ3v) is 3.47. The Bertz CT molecular complexity index is 644. The summed E-state index contributed by atoms with van der Waals surface area (Å²) in [6, 6.07) is 12.5. The molecular weight excluding hydrogens is 303 g/mol. The van der Waals surface area contributed by atoms with Crippen LogP contribution in [0, 0.1) is 5.82 Å². The van der Waals surface area contributed by atoms with Crippen LogP contribution >= 0.6 is 11.6 Å². The minimum atomic E-state index is -0.391. The Morgan fingerprint density at radius 3 is 2.45 bits per heavy atom. The highest BCUT2D eigenvalue weighted by molar-refractivity contribution is 6.30. The Morgan fingerprint density at radius 1 is 1.14 bits per heavy atom. The molecule has 3 nitrogen and oxygen atoms in total. The smallest absolute Gasteiger partial charge is 0.221 e. The molecule has 0 aliphatic carbocycles. The summed E-state index contributed by atoms with van der Waals surface area (Å²) in [5.74, 6) is -0.471. The van der Waals surface area contributed by atoms with Crippen molar-refractivity contribution >= 4 is 23.2 Å². The largest absolute Gasteiger partial charge is 0.326 e. The molecule has 0 saturated heterocycles. The lowest BCUT2D eigenvalue weighted by Gasteiger charge is -2.07. The van der Waals surface area contributed by atoms with Crippen molar-refractivity contribution in [3.63, 3.8) is 0 Å². The van der Waals surface area contributed by atoms with Crippen LogP contribution in [0.4, 0.5) is 10.1 Å². The molecule has 2 N–H and O–H groups in total. The van der Waals surface area contributed by atoms with Crippen molar-refractivity contribution in [2.24, 2.45) is 0 Å². The molecule has 2 aromatic carbocycles. The summed E-state index contributed by atoms with van der Waals surface area (Å²) < 4.78 is 13.0. The number of nitrogens with one attached hydrogen (secondary N) is 2. The lowest BCUT2D eigenvalue weighted by Crippen LogP contribution is -2.16. The zero-order valence-electron chi connectivity index (χ0n) is 12.3. The highest BCUT2D eigenvalue weighted by Crippen LogP contribution is 2.16. The maximum atomic E-state index is 13.0. The van der Waals surface area contributed by atoms with Crippen molar-refractivity contribution in [1.29, 1.82) is 0 Å². The van der Waals surface area contributed by atoms with Gasteiger partial charge in [-0.2, -0.15) is 0 Å². The average Bonchev–Trinajstić information content (AvgIpc) is 2.48. The van der Waals surface area contributed by atoms with Gasteiger partial charge in [0, 0.05) is 19.2 Å². The molecule has 2 rings (SSSR count). The van der Waals surface area contributed by atoms with Crippen LogP contribution in [0.15, 0.2) is 42.5 Å². The van der Waals surface area contributed by atoms with Crippen LogP contribution in [0.3, 0.4) is 0 Å². The number of benzene rings is 2. The standard InChI is InChI=1S/C17H18ClFN2O/c1-12(22)21-15-5-2-14(3-6-15)11-20-9-8-13-4-7-17(19)16(18)10-13/h2-7,10,20H,8-9,11H2,1H3,(H,21,22). The predicted octanol–water partition coefficient (Wildman–Crippen LogP) is 3.77. The van der Waals surface area contributed by atoms with Crippen molar-refractivity contribution in [3.8, 4) is 0 Å². The van der Waals surface area contributed by atoms with Crippen LogP contribution in [0.25, 0.3) is 0 Å². The van der Waals surface area contributed by atoms with Crippen molar-refractivity contribution in [3.05, 3.63) is 64.4 Å². The predicted molar refractivity (Wildman–Crippen MR) is 87.6 cm³/mol. The molecule has 0 aromatic heterocycles. The van der Waals surface area contributed by atoms with Gasteiger partial charge in [0.2, 0.25) is 5.91 Å². The summed E-state index contributed by atoms with van der Waals surface area (Å²) in [5.41, 5.74) is 2.92. The van der Waals surface area contributed by atoms with Crippen molar-refractivity contribution in [2.45, 2.75) is 19.9 Å². The first-order valence-corrected chi connectivity index (χ1v) is 7.43. The monoisotopic (exact) mass is 320 g/mol. The lowest BCUT2D eigenvalue weighted by molar-refractivity contribution is -0.114. The first-order chi connectivity index (χ1) is 10.5. The van der Waals surface area contributed by atoms with Crippen LogP contribution < -0.4 is 10.6 Å². The van der Waals surface area contributed by atoms with Crippen LogP contribution in [0.1, 0.15) is 18.1 Å². The summed E-state index contributed by atoms with van der Waals surface area (Å²) >= 11 is 5.75. The zero-order chi connectivity index (χ0) is 15.9. The van der Waals surface area contributed by atoms with E-state index in [-0.39, 0.29) is 10.9 Å². The number of carbonyl (C=O) groups excluding carboxylic acids is 1. The molecule has 2 aromatic rings. The average molecular weight is 321 g/mol. The van der Waals surface area contributed by atoms with Crippen molar-refractivity contribution in [1.82, 2.24) is 5.32 Å². The molecule has 1 amide bonds. The molecule has 0 atom stereocenters. The van der Waals surface area contributed by atoms with Gasteiger partial charge in [-0.3, -0.25) is 4.79 Å². The van der Waals surface area contributed by atoms with Crippen molar-refractivity contribution < 1.29 is 9.18 Å². The van der Waals surface area contributed by atoms with Gasteiger partial charge in [-0.25, -0.2) is 4.39 Å². The van der Waals surface area contributed by atoms with Crippen molar-refractivity contribution in [2.75, 3.05) is 11.9 Å². The highest BCUT2D eigenvalue weighted by Gasteiger charge is 2.01. The third kappa shape index (κ3) is 5.13. The minimum Gasteiger partial charge on any atom is -0.326 e. The number of halogens is 2. The van der Waals surface area contributed by atoms with E-state index < -0.39 is 5.82 Å². The number of hydrogen-bond donors (Lipinski definition) is 2. The summed E-state index contributed by atoms with van der Waals surface area (Å²) in [5, 5.41) is 6.21. The number of amides is 1. The Kier molecular flexibility index (Phi) is 5.92. The normalized spacial score (nSPS) is 10.5. The Balaban J connectivity index is 1.76. The van der Waals surface area contributed by atoms with E-state index >= 15 is 0 Å². The maximum absolute atomic E-state index is 13.0. The summed E-state index contributed by atoms with van der Waals surface area (Å²) in [4.78, 5) is 10.9. The molecule has 0 bridgehead atoms. The molecule has 0 heterocycles. The molecule has 0 aliphatic rings. The SMILES string of the molecule is CC(=O)Nc1ccc(CNCCc2ccc(F)c(Cl)c2)cc1. The van der Waals surface area contributed by atoms with Gasteiger partial charge in [0.25, 0.3) is 0 Å². The summed E-state index contributed by atoms with van der Waals surface area (Å²) in [7, 11) is 0. The fraction of sp³-hybridized carbons (Fsp3) is 0.235. The molecule has 0 unspecified atom stereocenters. The maximum Gasteiger partial charge on any atom is 0.221 e. The van der Waals surface area contributed by atoms with E-state index in [2.05, 4.69) is 10.6 Å². The van der Waals surface area contributed by atoms with Gasteiger partial charge < -0.3 is 10.6 Å². The van der Waals surface area contributed by atoms with Gasteiger partial charge >= 0.3 is 0 Å². The van der Waals surface area contributed by atoms with Gasteiger partial charge in [0.05, 0.1) is 5.02 Å². The molecule has 0 radical (unpaired) electrons. The second-order valence-electron chi connectivity index (χ2n) is 5.05. The Morgan fingerprint density at radius 2 is 1.82 bits per heavy atom. The number of rotatable bonds is 6. The fourth-order valence-corrected chi connectivity index (χ4v) is 2.27. The van der Waals surface area contributed by atoms with Gasteiger partial charge in [0.1, 0.15) is 5.82 Å². The van der Waals surface area contributed by atoms with Crippen LogP contribution in [-0.4, -0.2) is 12.5 Å².